The average molecular weight is 326 g/mol. The topological polar surface area (TPSA) is 89.9 Å². The van der Waals surface area contributed by atoms with Crippen LogP contribution in [0.3, 0.4) is 0 Å². The molecule has 3 heterocycles. The lowest BCUT2D eigenvalue weighted by Crippen LogP contribution is -2.26. The number of imidazole rings is 1. The molecule has 3 aromatic heterocycles. The number of nitrogens with zero attached hydrogens (tertiary/aromatic N) is 6. The lowest BCUT2D eigenvalue weighted by Gasteiger charge is -2.15. The first-order chi connectivity index (χ1) is 11.7. The largest absolute Gasteiger partial charge is 0.343 e. The van der Waals surface area contributed by atoms with Crippen molar-refractivity contribution in [2.45, 2.75) is 38.3 Å². The summed E-state index contributed by atoms with van der Waals surface area (Å²) in [7, 11) is 1.69. The van der Waals surface area contributed by atoms with Crippen molar-refractivity contribution in [2.75, 3.05) is 7.05 Å². The van der Waals surface area contributed by atoms with Gasteiger partial charge in [0.25, 0.3) is 5.91 Å². The second kappa shape index (κ2) is 6.03. The number of aromatic nitrogens is 5. The molecule has 0 aromatic carbocycles. The van der Waals surface area contributed by atoms with Crippen LogP contribution < -0.4 is 0 Å². The summed E-state index contributed by atoms with van der Waals surface area (Å²) in [5.74, 6) is 0.315. The average Bonchev–Trinajstić information content (AvgIpc) is 3.33. The molecule has 8 nitrogen and oxygen atoms in total. The highest BCUT2D eigenvalue weighted by molar-refractivity contribution is 5.96. The van der Waals surface area contributed by atoms with Crippen molar-refractivity contribution in [3.8, 4) is 0 Å². The summed E-state index contributed by atoms with van der Waals surface area (Å²) in [5, 5.41) is 3.72. The highest BCUT2D eigenvalue weighted by Crippen LogP contribution is 2.31. The normalized spacial score (nSPS) is 15.2. The Hall–Kier alpha value is -2.77. The minimum absolute atomic E-state index is 0.149. The highest BCUT2D eigenvalue weighted by atomic mass is 16.5. The smallest absolute Gasteiger partial charge is 0.255 e. The Morgan fingerprint density at radius 1 is 1.33 bits per heavy atom. The van der Waals surface area contributed by atoms with Crippen LogP contribution >= 0.6 is 0 Å². The molecule has 1 aliphatic carbocycles. The van der Waals surface area contributed by atoms with E-state index >= 15 is 0 Å². The maximum atomic E-state index is 12.5. The molecule has 1 saturated carbocycles. The van der Waals surface area contributed by atoms with E-state index in [9.17, 15) is 4.79 Å². The molecule has 4 rings (SSSR count). The summed E-state index contributed by atoms with van der Waals surface area (Å²) in [6.45, 7) is 0.282. The van der Waals surface area contributed by atoms with Gasteiger partial charge in [0, 0.05) is 19.3 Å². The molecule has 1 fully saturated rings. The lowest BCUT2D eigenvalue weighted by atomic mass is 10.2. The van der Waals surface area contributed by atoms with Gasteiger partial charge in [0.05, 0.1) is 18.4 Å². The van der Waals surface area contributed by atoms with Crippen LogP contribution in [-0.4, -0.2) is 42.5 Å². The summed E-state index contributed by atoms with van der Waals surface area (Å²) in [5.41, 5.74) is 2.10. The molecule has 1 aliphatic rings. The minimum Gasteiger partial charge on any atom is -0.343 e. The van der Waals surface area contributed by atoms with E-state index in [0.29, 0.717) is 17.4 Å². The molecular formula is C16H18N6O2. The number of hydrogen-bond acceptors (Lipinski definition) is 6. The fourth-order valence-corrected chi connectivity index (χ4v) is 3.25. The van der Waals surface area contributed by atoms with Crippen LogP contribution in [0.1, 0.15) is 47.9 Å². The van der Waals surface area contributed by atoms with E-state index in [4.69, 9.17) is 0 Å². The molecule has 3 aromatic rings. The first kappa shape index (κ1) is 14.8. The number of hydrogen-bond donors (Lipinski definition) is 0. The Kier molecular flexibility index (Phi) is 3.72. The molecule has 0 unspecified atom stereocenters. The SMILES string of the molecule is CN(Cc1ncon1)C(=O)c1cnc2c(c1)ncn2C1CCCC1. The molecule has 0 radical (unpaired) electrons. The van der Waals surface area contributed by atoms with Crippen molar-refractivity contribution in [3.63, 3.8) is 0 Å². The molecule has 0 saturated heterocycles. The van der Waals surface area contributed by atoms with Crippen molar-refractivity contribution in [1.82, 2.24) is 29.6 Å². The van der Waals surface area contributed by atoms with Gasteiger partial charge in [0.1, 0.15) is 5.52 Å². The number of carbonyl (C=O) groups is 1. The van der Waals surface area contributed by atoms with E-state index in [1.54, 1.807) is 19.3 Å². The van der Waals surface area contributed by atoms with Crippen molar-refractivity contribution >= 4 is 17.1 Å². The predicted molar refractivity (Wildman–Crippen MR) is 85.1 cm³/mol. The molecule has 0 atom stereocenters. The second-order valence-corrected chi connectivity index (χ2v) is 6.17. The van der Waals surface area contributed by atoms with Crippen LogP contribution in [0.4, 0.5) is 0 Å². The summed E-state index contributed by atoms with van der Waals surface area (Å²) in [6.07, 6.45) is 9.54. The second-order valence-electron chi connectivity index (χ2n) is 6.17. The number of amides is 1. The maximum Gasteiger partial charge on any atom is 0.255 e. The number of fused-ring (bicyclic) bond motifs is 1. The van der Waals surface area contributed by atoms with Gasteiger partial charge in [0.15, 0.2) is 11.5 Å². The van der Waals surface area contributed by atoms with E-state index in [2.05, 4.69) is 29.2 Å². The van der Waals surface area contributed by atoms with Crippen molar-refractivity contribution < 1.29 is 9.32 Å². The van der Waals surface area contributed by atoms with Gasteiger partial charge >= 0.3 is 0 Å². The van der Waals surface area contributed by atoms with E-state index in [1.165, 1.54) is 37.0 Å². The van der Waals surface area contributed by atoms with Crippen molar-refractivity contribution in [2.24, 2.45) is 0 Å². The fraction of sp³-hybridized carbons (Fsp3) is 0.438. The van der Waals surface area contributed by atoms with Gasteiger partial charge in [-0.3, -0.25) is 4.79 Å². The molecule has 0 N–H and O–H groups in total. The van der Waals surface area contributed by atoms with Crippen LogP contribution in [0, 0.1) is 0 Å². The molecule has 0 spiro atoms. The standard InChI is InChI=1S/C16H18N6O2/c1-21(8-14-19-10-24-20-14)16(23)11-6-13-15(17-7-11)22(9-18-13)12-4-2-3-5-12/h6-7,9-10,12H,2-5,8H2,1H3. The Labute approximate surface area is 138 Å². The number of rotatable bonds is 4. The van der Waals surface area contributed by atoms with Crippen molar-refractivity contribution in [1.29, 1.82) is 0 Å². The summed E-state index contributed by atoms with van der Waals surface area (Å²) in [4.78, 5) is 26.9. The van der Waals surface area contributed by atoms with Crippen LogP contribution in [0.2, 0.25) is 0 Å². The first-order valence-corrected chi connectivity index (χ1v) is 8.05. The Balaban J connectivity index is 1.57. The zero-order valence-electron chi connectivity index (χ0n) is 13.4. The predicted octanol–water partition coefficient (Wildman–Crippen LogP) is 2.20. The van der Waals surface area contributed by atoms with Gasteiger partial charge < -0.3 is 14.0 Å². The van der Waals surface area contributed by atoms with Gasteiger partial charge in [-0.1, -0.05) is 18.0 Å². The van der Waals surface area contributed by atoms with Crippen LogP contribution in [-0.2, 0) is 6.54 Å². The summed E-state index contributed by atoms with van der Waals surface area (Å²) < 4.78 is 6.82. The fourth-order valence-electron chi connectivity index (χ4n) is 3.25. The zero-order chi connectivity index (χ0) is 16.5. The van der Waals surface area contributed by atoms with Crippen molar-refractivity contribution in [3.05, 3.63) is 36.4 Å². The van der Waals surface area contributed by atoms with E-state index in [1.807, 2.05) is 6.33 Å². The summed E-state index contributed by atoms with van der Waals surface area (Å²) >= 11 is 0. The van der Waals surface area contributed by atoms with E-state index in [0.717, 1.165) is 11.2 Å². The monoisotopic (exact) mass is 326 g/mol. The third-order valence-corrected chi connectivity index (χ3v) is 4.51. The zero-order valence-corrected chi connectivity index (χ0v) is 13.4. The van der Waals surface area contributed by atoms with Gasteiger partial charge in [-0.2, -0.15) is 4.98 Å². The third kappa shape index (κ3) is 2.64. The Bertz CT molecular complexity index is 851. The quantitative estimate of drug-likeness (QED) is 0.730. The van der Waals surface area contributed by atoms with E-state index in [-0.39, 0.29) is 12.5 Å². The molecule has 0 bridgehead atoms. The van der Waals surface area contributed by atoms with Gasteiger partial charge in [0.2, 0.25) is 6.39 Å². The number of carbonyl (C=O) groups excluding carboxylic acids is 1. The van der Waals surface area contributed by atoms with Crippen LogP contribution in [0.25, 0.3) is 11.2 Å². The minimum atomic E-state index is -0.149. The van der Waals surface area contributed by atoms with E-state index < -0.39 is 0 Å². The lowest BCUT2D eigenvalue weighted by molar-refractivity contribution is 0.0780. The van der Waals surface area contributed by atoms with Gasteiger partial charge in [-0.15, -0.1) is 0 Å². The van der Waals surface area contributed by atoms with Gasteiger partial charge in [-0.25, -0.2) is 9.97 Å². The number of pyridine rings is 1. The molecule has 8 heteroatoms. The third-order valence-electron chi connectivity index (χ3n) is 4.51. The van der Waals surface area contributed by atoms with Crippen LogP contribution in [0.15, 0.2) is 29.5 Å². The molecule has 124 valence electrons. The van der Waals surface area contributed by atoms with Gasteiger partial charge in [-0.05, 0) is 18.9 Å². The first-order valence-electron chi connectivity index (χ1n) is 8.05. The van der Waals surface area contributed by atoms with Crippen LogP contribution in [0.5, 0.6) is 0 Å². The summed E-state index contributed by atoms with van der Waals surface area (Å²) in [6, 6.07) is 2.27. The molecular weight excluding hydrogens is 308 g/mol. The maximum absolute atomic E-state index is 12.5. The Morgan fingerprint density at radius 2 is 2.17 bits per heavy atom. The molecule has 24 heavy (non-hydrogen) atoms. The molecule has 0 aliphatic heterocycles. The highest BCUT2D eigenvalue weighted by Gasteiger charge is 2.21. The molecule has 1 amide bonds. The Morgan fingerprint density at radius 3 is 2.92 bits per heavy atom.